The average molecular weight is 331 g/mol. The summed E-state index contributed by atoms with van der Waals surface area (Å²) < 4.78 is 5.29. The number of ether oxygens (including phenoxy) is 1. The van der Waals surface area contributed by atoms with Crippen molar-refractivity contribution in [2.75, 3.05) is 31.6 Å². The van der Waals surface area contributed by atoms with Crippen LogP contribution in [0.2, 0.25) is 0 Å². The molecular formula is C18H25N3O3. The van der Waals surface area contributed by atoms with Crippen molar-refractivity contribution >= 4 is 17.5 Å². The van der Waals surface area contributed by atoms with E-state index < -0.39 is 0 Å². The maximum Gasteiger partial charge on any atom is 0.251 e. The number of nitrogens with one attached hydrogen (secondary N) is 3. The van der Waals surface area contributed by atoms with Gasteiger partial charge >= 0.3 is 0 Å². The fourth-order valence-electron chi connectivity index (χ4n) is 2.73. The quantitative estimate of drug-likeness (QED) is 0.708. The van der Waals surface area contributed by atoms with Crippen LogP contribution in [0.5, 0.6) is 0 Å². The van der Waals surface area contributed by atoms with E-state index in [1.165, 1.54) is 12.8 Å². The van der Waals surface area contributed by atoms with E-state index >= 15 is 0 Å². The van der Waals surface area contributed by atoms with Gasteiger partial charge in [-0.25, -0.2) is 0 Å². The minimum atomic E-state index is -0.0779. The van der Waals surface area contributed by atoms with Crippen LogP contribution in [0.15, 0.2) is 24.3 Å². The van der Waals surface area contributed by atoms with Gasteiger partial charge in [-0.05, 0) is 62.4 Å². The highest BCUT2D eigenvalue weighted by molar-refractivity contribution is 5.96. The minimum Gasteiger partial charge on any atom is -0.381 e. The van der Waals surface area contributed by atoms with Crippen molar-refractivity contribution in [1.82, 2.24) is 10.6 Å². The van der Waals surface area contributed by atoms with Crippen molar-refractivity contribution in [3.05, 3.63) is 29.8 Å². The maximum atomic E-state index is 12.2. The number of benzene rings is 1. The van der Waals surface area contributed by atoms with Crippen LogP contribution in [0.1, 0.15) is 36.0 Å². The van der Waals surface area contributed by atoms with Gasteiger partial charge < -0.3 is 20.7 Å². The Morgan fingerprint density at radius 1 is 1.04 bits per heavy atom. The molecule has 1 aromatic carbocycles. The highest BCUT2D eigenvalue weighted by Crippen LogP contribution is 2.27. The van der Waals surface area contributed by atoms with Gasteiger partial charge in [0, 0.05) is 30.5 Å². The first kappa shape index (κ1) is 16.9. The molecule has 2 amide bonds. The molecule has 1 aliphatic heterocycles. The lowest BCUT2D eigenvalue weighted by atomic mass is 10.1. The molecule has 1 heterocycles. The highest BCUT2D eigenvalue weighted by atomic mass is 16.5. The Bertz CT molecular complexity index is 563. The molecule has 0 atom stereocenters. The van der Waals surface area contributed by atoms with Gasteiger partial charge in [0.1, 0.15) is 0 Å². The van der Waals surface area contributed by atoms with Crippen molar-refractivity contribution in [3.8, 4) is 0 Å². The Kier molecular flexibility index (Phi) is 5.82. The largest absolute Gasteiger partial charge is 0.381 e. The molecule has 3 N–H and O–H groups in total. The van der Waals surface area contributed by atoms with Crippen LogP contribution < -0.4 is 16.0 Å². The Labute approximate surface area is 142 Å². The van der Waals surface area contributed by atoms with Gasteiger partial charge in [0.15, 0.2) is 0 Å². The number of hydrogen-bond donors (Lipinski definition) is 3. The highest BCUT2D eigenvalue weighted by Gasteiger charge is 2.20. The van der Waals surface area contributed by atoms with Crippen molar-refractivity contribution in [2.24, 2.45) is 5.92 Å². The number of rotatable bonds is 7. The summed E-state index contributed by atoms with van der Waals surface area (Å²) in [7, 11) is 0. The Morgan fingerprint density at radius 2 is 1.75 bits per heavy atom. The summed E-state index contributed by atoms with van der Waals surface area (Å²) in [5, 5.41) is 9.01. The topological polar surface area (TPSA) is 79.5 Å². The molecule has 1 saturated heterocycles. The molecule has 6 nitrogen and oxygen atoms in total. The molecule has 2 fully saturated rings. The SMILES string of the molecule is O=C(CNCC1CC1)Nc1ccc(C(=O)NC2CCOCC2)cc1. The third-order valence-electron chi connectivity index (χ3n) is 4.40. The molecule has 1 saturated carbocycles. The lowest BCUT2D eigenvalue weighted by Crippen LogP contribution is -2.38. The van der Waals surface area contributed by atoms with E-state index in [1.54, 1.807) is 24.3 Å². The zero-order valence-corrected chi connectivity index (χ0v) is 13.8. The Morgan fingerprint density at radius 3 is 2.42 bits per heavy atom. The van der Waals surface area contributed by atoms with Crippen LogP contribution in [-0.4, -0.2) is 44.2 Å². The second kappa shape index (κ2) is 8.26. The summed E-state index contributed by atoms with van der Waals surface area (Å²) in [4.78, 5) is 24.0. The first-order valence-electron chi connectivity index (χ1n) is 8.70. The predicted molar refractivity (Wildman–Crippen MR) is 92.0 cm³/mol. The monoisotopic (exact) mass is 331 g/mol. The fraction of sp³-hybridized carbons (Fsp3) is 0.556. The van der Waals surface area contributed by atoms with Crippen molar-refractivity contribution < 1.29 is 14.3 Å². The molecule has 0 aromatic heterocycles. The van der Waals surface area contributed by atoms with Crippen LogP contribution in [0.25, 0.3) is 0 Å². The van der Waals surface area contributed by atoms with Crippen LogP contribution in [0.3, 0.4) is 0 Å². The first-order chi connectivity index (χ1) is 11.7. The van der Waals surface area contributed by atoms with Gasteiger partial charge in [-0.1, -0.05) is 0 Å². The van der Waals surface area contributed by atoms with Gasteiger partial charge in [0.05, 0.1) is 6.54 Å². The summed E-state index contributed by atoms with van der Waals surface area (Å²) in [5.41, 5.74) is 1.31. The Hall–Kier alpha value is -1.92. The van der Waals surface area contributed by atoms with E-state index in [0.29, 0.717) is 31.0 Å². The summed E-state index contributed by atoms with van der Waals surface area (Å²) >= 11 is 0. The van der Waals surface area contributed by atoms with Crippen molar-refractivity contribution in [1.29, 1.82) is 0 Å². The molecular weight excluding hydrogens is 306 g/mol. The fourth-order valence-corrected chi connectivity index (χ4v) is 2.73. The van der Waals surface area contributed by atoms with Gasteiger partial charge in [0.2, 0.25) is 5.91 Å². The van der Waals surface area contributed by atoms with Crippen LogP contribution in [0, 0.1) is 5.92 Å². The van der Waals surface area contributed by atoms with Gasteiger partial charge in [-0.2, -0.15) is 0 Å². The molecule has 130 valence electrons. The lowest BCUT2D eigenvalue weighted by molar-refractivity contribution is -0.115. The molecule has 3 rings (SSSR count). The van der Waals surface area contributed by atoms with Crippen LogP contribution in [0.4, 0.5) is 5.69 Å². The number of hydrogen-bond acceptors (Lipinski definition) is 4. The normalized spacial score (nSPS) is 18.2. The maximum absolute atomic E-state index is 12.2. The van der Waals surface area contributed by atoms with Crippen molar-refractivity contribution in [3.63, 3.8) is 0 Å². The summed E-state index contributed by atoms with van der Waals surface area (Å²) in [6.45, 7) is 2.64. The third kappa shape index (κ3) is 5.32. The zero-order chi connectivity index (χ0) is 16.8. The molecule has 1 aliphatic carbocycles. The molecule has 6 heteroatoms. The van der Waals surface area contributed by atoms with E-state index in [1.807, 2.05) is 0 Å². The summed E-state index contributed by atoms with van der Waals surface area (Å²) in [6, 6.07) is 7.18. The smallest absolute Gasteiger partial charge is 0.251 e. The summed E-state index contributed by atoms with van der Waals surface area (Å²) in [6.07, 6.45) is 4.25. The number of carbonyl (C=O) groups is 2. The second-order valence-electron chi connectivity index (χ2n) is 6.56. The molecule has 1 aromatic rings. The third-order valence-corrected chi connectivity index (χ3v) is 4.40. The van der Waals surface area contributed by atoms with Gasteiger partial charge in [0.25, 0.3) is 5.91 Å². The minimum absolute atomic E-state index is 0.0601. The van der Waals surface area contributed by atoms with E-state index in [0.717, 1.165) is 25.3 Å². The van der Waals surface area contributed by atoms with E-state index in [-0.39, 0.29) is 17.9 Å². The van der Waals surface area contributed by atoms with E-state index in [4.69, 9.17) is 4.74 Å². The zero-order valence-electron chi connectivity index (χ0n) is 13.8. The molecule has 0 unspecified atom stereocenters. The molecule has 2 aliphatic rings. The van der Waals surface area contributed by atoms with Gasteiger partial charge in [-0.15, -0.1) is 0 Å². The van der Waals surface area contributed by atoms with E-state index in [9.17, 15) is 9.59 Å². The van der Waals surface area contributed by atoms with E-state index in [2.05, 4.69) is 16.0 Å². The molecule has 0 radical (unpaired) electrons. The average Bonchev–Trinajstić information content (AvgIpc) is 3.41. The summed E-state index contributed by atoms with van der Waals surface area (Å²) in [5.74, 6) is 0.618. The first-order valence-corrected chi connectivity index (χ1v) is 8.70. The molecule has 24 heavy (non-hydrogen) atoms. The standard InChI is InChI=1S/C18H25N3O3/c22-17(12-19-11-13-1-2-13)20-15-5-3-14(4-6-15)18(23)21-16-7-9-24-10-8-16/h3-6,13,16,19H,1-2,7-12H2,(H,20,22)(H,21,23). The molecule has 0 bridgehead atoms. The lowest BCUT2D eigenvalue weighted by Gasteiger charge is -2.23. The number of carbonyl (C=O) groups excluding carboxylic acids is 2. The number of amides is 2. The molecule has 0 spiro atoms. The van der Waals surface area contributed by atoms with Crippen LogP contribution in [-0.2, 0) is 9.53 Å². The van der Waals surface area contributed by atoms with Crippen LogP contribution >= 0.6 is 0 Å². The predicted octanol–water partition coefficient (Wildman–Crippen LogP) is 1.53. The van der Waals surface area contributed by atoms with Crippen molar-refractivity contribution in [2.45, 2.75) is 31.7 Å². The Balaban J connectivity index is 1.43. The second-order valence-corrected chi connectivity index (χ2v) is 6.56. The number of anilines is 1. The van der Waals surface area contributed by atoms with Gasteiger partial charge in [-0.3, -0.25) is 9.59 Å².